The quantitative estimate of drug-likeness (QED) is 0.638. The molecule has 0 aromatic rings. The molecule has 104 valence electrons. The van der Waals surface area contributed by atoms with Crippen molar-refractivity contribution in [3.8, 4) is 0 Å². The molecule has 0 bridgehead atoms. The van der Waals surface area contributed by atoms with Gasteiger partial charge in [-0.1, -0.05) is 6.92 Å². The van der Waals surface area contributed by atoms with E-state index in [1.54, 1.807) is 6.92 Å². The van der Waals surface area contributed by atoms with Crippen molar-refractivity contribution in [2.24, 2.45) is 0 Å². The molecule has 1 atom stereocenters. The summed E-state index contributed by atoms with van der Waals surface area (Å²) in [7, 11) is 0. The third-order valence-electron chi connectivity index (χ3n) is 2.52. The van der Waals surface area contributed by atoms with Crippen LogP contribution in [0.2, 0.25) is 0 Å². The fourth-order valence-corrected chi connectivity index (χ4v) is 1.73. The van der Waals surface area contributed by atoms with Gasteiger partial charge in [-0.25, -0.2) is 0 Å². The largest absolute Gasteiger partial charge is 0.465 e. The first kappa shape index (κ1) is 14.9. The van der Waals surface area contributed by atoms with Crippen LogP contribution in [0, 0.1) is 0 Å². The van der Waals surface area contributed by atoms with Gasteiger partial charge in [-0.15, -0.1) is 0 Å². The molecule has 1 fully saturated rings. The van der Waals surface area contributed by atoms with Crippen LogP contribution < -0.4 is 0 Å². The molecular weight excluding hydrogens is 238 g/mol. The molecule has 0 N–H and O–H groups in total. The molecule has 0 aromatic carbocycles. The number of carbonyl (C=O) groups excluding carboxylic acids is 2. The summed E-state index contributed by atoms with van der Waals surface area (Å²) >= 11 is 0. The highest BCUT2D eigenvalue weighted by atomic mass is 16.6. The molecule has 18 heavy (non-hydrogen) atoms. The smallest absolute Gasteiger partial charge is 0.325 e. The summed E-state index contributed by atoms with van der Waals surface area (Å²) in [4.78, 5) is 25.0. The Bertz CT molecular complexity index is 276. The van der Waals surface area contributed by atoms with Crippen LogP contribution in [0.5, 0.6) is 0 Å². The minimum Gasteiger partial charge on any atom is -0.465 e. The predicted molar refractivity (Wildman–Crippen MR) is 64.1 cm³/mol. The lowest BCUT2D eigenvalue weighted by molar-refractivity contribution is -0.162. The van der Waals surface area contributed by atoms with Crippen LogP contribution in [0.1, 0.15) is 20.3 Å². The molecular formula is C12H21NO5. The number of ether oxygens (including phenoxy) is 3. The summed E-state index contributed by atoms with van der Waals surface area (Å²) in [6.07, 6.45) is 0.179. The average Bonchev–Trinajstić information content (AvgIpc) is 2.39. The summed E-state index contributed by atoms with van der Waals surface area (Å²) in [5.74, 6) is -0.597. The van der Waals surface area contributed by atoms with Crippen LogP contribution in [-0.2, 0) is 23.8 Å². The molecule has 1 heterocycles. The first-order chi connectivity index (χ1) is 8.69. The molecule has 0 spiro atoms. The molecule has 0 aromatic heterocycles. The Hall–Kier alpha value is -1.14. The summed E-state index contributed by atoms with van der Waals surface area (Å²) in [5.41, 5.74) is 0. The van der Waals surface area contributed by atoms with Crippen LogP contribution in [0.15, 0.2) is 0 Å². The van der Waals surface area contributed by atoms with E-state index in [1.165, 1.54) is 4.90 Å². The highest BCUT2D eigenvalue weighted by molar-refractivity contribution is 5.85. The topological polar surface area (TPSA) is 65.1 Å². The molecule has 1 rings (SSSR count). The number of rotatable bonds is 6. The van der Waals surface area contributed by atoms with Crippen LogP contribution in [0.4, 0.5) is 0 Å². The van der Waals surface area contributed by atoms with Gasteiger partial charge in [0.2, 0.25) is 0 Å². The molecule has 0 radical (unpaired) electrons. The second kappa shape index (κ2) is 8.05. The van der Waals surface area contributed by atoms with Gasteiger partial charge in [0.15, 0.2) is 6.10 Å². The van der Waals surface area contributed by atoms with E-state index in [0.29, 0.717) is 26.4 Å². The Balaban J connectivity index is 2.53. The summed E-state index contributed by atoms with van der Waals surface area (Å²) in [5, 5.41) is 0. The van der Waals surface area contributed by atoms with E-state index in [0.717, 1.165) is 6.42 Å². The molecule has 1 aliphatic rings. The van der Waals surface area contributed by atoms with Crippen molar-refractivity contribution < 1.29 is 23.8 Å². The van der Waals surface area contributed by atoms with Gasteiger partial charge in [-0.2, -0.15) is 0 Å². The van der Waals surface area contributed by atoms with Gasteiger partial charge in [0.25, 0.3) is 5.91 Å². The highest BCUT2D eigenvalue weighted by Gasteiger charge is 2.28. The highest BCUT2D eigenvalue weighted by Crippen LogP contribution is 2.06. The number of hydrogen-bond donors (Lipinski definition) is 0. The summed E-state index contributed by atoms with van der Waals surface area (Å²) in [6, 6.07) is 0. The molecule has 0 saturated carbocycles. The molecule has 6 heteroatoms. The van der Waals surface area contributed by atoms with Crippen molar-refractivity contribution in [1.29, 1.82) is 0 Å². The van der Waals surface area contributed by atoms with Gasteiger partial charge in [0, 0.05) is 6.54 Å². The molecule has 0 aliphatic carbocycles. The zero-order valence-corrected chi connectivity index (χ0v) is 11.0. The van der Waals surface area contributed by atoms with Crippen molar-refractivity contribution in [3.63, 3.8) is 0 Å². The molecule has 6 nitrogen and oxygen atoms in total. The number of carbonyl (C=O) groups is 2. The van der Waals surface area contributed by atoms with Crippen molar-refractivity contribution in [3.05, 3.63) is 0 Å². The van der Waals surface area contributed by atoms with Gasteiger partial charge >= 0.3 is 5.97 Å². The van der Waals surface area contributed by atoms with Crippen molar-refractivity contribution in [2.45, 2.75) is 26.4 Å². The van der Waals surface area contributed by atoms with E-state index in [-0.39, 0.29) is 19.1 Å². The maximum atomic E-state index is 12.1. The summed E-state index contributed by atoms with van der Waals surface area (Å²) in [6.45, 7) is 5.66. The van der Waals surface area contributed by atoms with Crippen LogP contribution in [0.3, 0.4) is 0 Å². The maximum absolute atomic E-state index is 12.1. The third-order valence-corrected chi connectivity index (χ3v) is 2.52. The van der Waals surface area contributed by atoms with Crippen molar-refractivity contribution in [2.75, 3.05) is 39.5 Å². The van der Waals surface area contributed by atoms with Gasteiger partial charge in [-0.3, -0.25) is 9.59 Å². The van der Waals surface area contributed by atoms with Crippen molar-refractivity contribution in [1.82, 2.24) is 4.90 Å². The first-order valence-electron chi connectivity index (χ1n) is 6.32. The number of amides is 1. The van der Waals surface area contributed by atoms with Crippen LogP contribution in [0.25, 0.3) is 0 Å². The maximum Gasteiger partial charge on any atom is 0.325 e. The normalized spacial score (nSPS) is 19.3. The van der Waals surface area contributed by atoms with E-state index in [4.69, 9.17) is 14.2 Å². The van der Waals surface area contributed by atoms with Crippen molar-refractivity contribution >= 4 is 11.9 Å². The van der Waals surface area contributed by atoms with Gasteiger partial charge < -0.3 is 19.1 Å². The Morgan fingerprint density at radius 2 is 2.11 bits per heavy atom. The van der Waals surface area contributed by atoms with E-state index >= 15 is 0 Å². The first-order valence-corrected chi connectivity index (χ1v) is 6.32. The number of nitrogens with zero attached hydrogens (tertiary/aromatic N) is 1. The van der Waals surface area contributed by atoms with Gasteiger partial charge in [0.1, 0.15) is 6.54 Å². The van der Waals surface area contributed by atoms with E-state index in [1.807, 2.05) is 6.92 Å². The molecule has 1 aliphatic heterocycles. The Labute approximate surface area is 107 Å². The average molecular weight is 259 g/mol. The van der Waals surface area contributed by atoms with Crippen LogP contribution >= 0.6 is 0 Å². The Morgan fingerprint density at radius 1 is 1.33 bits per heavy atom. The Kier molecular flexibility index (Phi) is 6.67. The predicted octanol–water partition coefficient (Wildman–Crippen LogP) is 0.204. The SMILES string of the molecule is CCCN(CC(=O)OCC)C(=O)C1COCCO1. The third kappa shape index (κ3) is 4.62. The fourth-order valence-electron chi connectivity index (χ4n) is 1.73. The Morgan fingerprint density at radius 3 is 2.67 bits per heavy atom. The van der Waals surface area contributed by atoms with Gasteiger partial charge in [0.05, 0.1) is 26.4 Å². The van der Waals surface area contributed by atoms with E-state index < -0.39 is 12.1 Å². The number of esters is 1. The standard InChI is InChI=1S/C12H21NO5/c1-3-5-13(8-11(14)17-4-2)12(15)10-9-16-6-7-18-10/h10H,3-9H2,1-2H3. The second-order valence-corrected chi connectivity index (χ2v) is 4.00. The summed E-state index contributed by atoms with van der Waals surface area (Å²) < 4.78 is 15.4. The molecule has 1 amide bonds. The van der Waals surface area contributed by atoms with E-state index in [2.05, 4.69) is 0 Å². The number of hydrogen-bond acceptors (Lipinski definition) is 5. The molecule has 1 unspecified atom stereocenters. The molecule has 1 saturated heterocycles. The van der Waals surface area contributed by atoms with E-state index in [9.17, 15) is 9.59 Å². The van der Waals surface area contributed by atoms with Crippen LogP contribution in [-0.4, -0.2) is 62.4 Å². The monoisotopic (exact) mass is 259 g/mol. The fraction of sp³-hybridized carbons (Fsp3) is 0.833. The lowest BCUT2D eigenvalue weighted by Gasteiger charge is -2.28. The second-order valence-electron chi connectivity index (χ2n) is 4.00. The lowest BCUT2D eigenvalue weighted by atomic mass is 10.2. The zero-order chi connectivity index (χ0) is 13.4. The minimum atomic E-state index is -0.597. The lowest BCUT2D eigenvalue weighted by Crippen LogP contribution is -2.47. The van der Waals surface area contributed by atoms with Gasteiger partial charge in [-0.05, 0) is 13.3 Å². The zero-order valence-electron chi connectivity index (χ0n) is 11.0. The minimum absolute atomic E-state index is 0.0274.